The molecule has 0 bridgehead atoms. The molecule has 1 aliphatic rings. The summed E-state index contributed by atoms with van der Waals surface area (Å²) in [4.78, 5) is 25.9. The lowest BCUT2D eigenvalue weighted by Gasteiger charge is -2.34. The SMILES string of the molecule is CCOc1cc(C(=O)NCCN2CCN(c3ncccn3)CC2)ccc1OCCOc1ccccc1. The van der Waals surface area contributed by atoms with Crippen LogP contribution in [0.5, 0.6) is 17.2 Å². The average molecular weight is 492 g/mol. The van der Waals surface area contributed by atoms with Crippen LogP contribution < -0.4 is 24.4 Å². The average Bonchev–Trinajstić information content (AvgIpc) is 2.93. The Bertz CT molecular complexity index is 1080. The molecule has 0 radical (unpaired) electrons. The van der Waals surface area contributed by atoms with Gasteiger partial charge in [0.2, 0.25) is 5.95 Å². The number of aromatic nitrogens is 2. The molecule has 0 aliphatic carbocycles. The summed E-state index contributed by atoms with van der Waals surface area (Å²) < 4.78 is 17.2. The van der Waals surface area contributed by atoms with E-state index in [1.165, 1.54) is 0 Å². The summed E-state index contributed by atoms with van der Waals surface area (Å²) in [5.74, 6) is 2.57. The van der Waals surface area contributed by atoms with E-state index in [2.05, 4.69) is 25.1 Å². The first-order valence-corrected chi connectivity index (χ1v) is 12.3. The molecular weight excluding hydrogens is 458 g/mol. The molecule has 1 aliphatic heterocycles. The highest BCUT2D eigenvalue weighted by atomic mass is 16.5. The van der Waals surface area contributed by atoms with Crippen LogP contribution in [0, 0.1) is 0 Å². The van der Waals surface area contributed by atoms with Gasteiger partial charge in [0.25, 0.3) is 5.91 Å². The number of para-hydroxylation sites is 1. The van der Waals surface area contributed by atoms with Crippen molar-refractivity contribution in [3.8, 4) is 17.2 Å². The second-order valence-corrected chi connectivity index (χ2v) is 8.24. The number of hydrogen-bond donors (Lipinski definition) is 1. The van der Waals surface area contributed by atoms with Crippen LogP contribution in [0.25, 0.3) is 0 Å². The van der Waals surface area contributed by atoms with Crippen LogP contribution in [0.4, 0.5) is 5.95 Å². The summed E-state index contributed by atoms with van der Waals surface area (Å²) >= 11 is 0. The number of nitrogens with one attached hydrogen (secondary N) is 1. The lowest BCUT2D eigenvalue weighted by Crippen LogP contribution is -2.49. The van der Waals surface area contributed by atoms with Gasteiger partial charge in [0.15, 0.2) is 11.5 Å². The lowest BCUT2D eigenvalue weighted by atomic mass is 10.2. The molecule has 190 valence electrons. The van der Waals surface area contributed by atoms with E-state index < -0.39 is 0 Å². The molecule has 0 atom stereocenters. The number of rotatable bonds is 12. The summed E-state index contributed by atoms with van der Waals surface area (Å²) in [5, 5.41) is 3.01. The third-order valence-corrected chi connectivity index (χ3v) is 5.78. The van der Waals surface area contributed by atoms with Crippen molar-refractivity contribution in [2.45, 2.75) is 6.92 Å². The fourth-order valence-electron chi connectivity index (χ4n) is 3.92. The Hall–Kier alpha value is -3.85. The maximum atomic E-state index is 12.7. The molecule has 36 heavy (non-hydrogen) atoms. The number of nitrogens with zero attached hydrogens (tertiary/aromatic N) is 4. The highest BCUT2D eigenvalue weighted by Gasteiger charge is 2.19. The highest BCUT2D eigenvalue weighted by Crippen LogP contribution is 2.28. The Morgan fingerprint density at radius 1 is 0.889 bits per heavy atom. The summed E-state index contributed by atoms with van der Waals surface area (Å²) in [6.07, 6.45) is 3.53. The first-order valence-electron chi connectivity index (χ1n) is 12.3. The number of hydrogen-bond acceptors (Lipinski definition) is 8. The van der Waals surface area contributed by atoms with Crippen LogP contribution >= 0.6 is 0 Å². The van der Waals surface area contributed by atoms with E-state index in [1.807, 2.05) is 43.3 Å². The number of benzene rings is 2. The smallest absolute Gasteiger partial charge is 0.251 e. The van der Waals surface area contributed by atoms with Gasteiger partial charge in [-0.2, -0.15) is 0 Å². The Labute approximate surface area is 212 Å². The first-order chi connectivity index (χ1) is 17.7. The minimum Gasteiger partial charge on any atom is -0.490 e. The van der Waals surface area contributed by atoms with Gasteiger partial charge in [-0.3, -0.25) is 9.69 Å². The molecule has 2 aromatic carbocycles. The molecule has 1 fully saturated rings. The molecule has 4 rings (SSSR count). The minimum atomic E-state index is -0.133. The molecule has 9 heteroatoms. The molecule has 3 aromatic rings. The van der Waals surface area contributed by atoms with E-state index in [0.717, 1.165) is 44.4 Å². The van der Waals surface area contributed by atoms with Crippen molar-refractivity contribution >= 4 is 11.9 Å². The third-order valence-electron chi connectivity index (χ3n) is 5.78. The van der Waals surface area contributed by atoms with Crippen LogP contribution in [0.1, 0.15) is 17.3 Å². The lowest BCUT2D eigenvalue weighted by molar-refractivity contribution is 0.0947. The van der Waals surface area contributed by atoms with E-state index in [-0.39, 0.29) is 5.91 Å². The van der Waals surface area contributed by atoms with Crippen LogP contribution in [0.2, 0.25) is 0 Å². The molecule has 0 spiro atoms. The molecule has 1 saturated heterocycles. The van der Waals surface area contributed by atoms with Gasteiger partial charge in [-0.1, -0.05) is 18.2 Å². The first kappa shape index (κ1) is 25.2. The highest BCUT2D eigenvalue weighted by molar-refractivity contribution is 5.94. The zero-order chi connectivity index (χ0) is 25.0. The molecular formula is C27H33N5O4. The number of carbonyl (C=O) groups excluding carboxylic acids is 1. The molecule has 1 aromatic heterocycles. The van der Waals surface area contributed by atoms with Crippen LogP contribution in [0.3, 0.4) is 0 Å². The Balaban J connectivity index is 1.21. The molecule has 1 N–H and O–H groups in total. The topological polar surface area (TPSA) is 89.1 Å². The van der Waals surface area contributed by atoms with Crippen molar-refractivity contribution in [2.75, 3.05) is 64.0 Å². The van der Waals surface area contributed by atoms with Gasteiger partial charge >= 0.3 is 0 Å². The summed E-state index contributed by atoms with van der Waals surface area (Å²) in [6.45, 7) is 8.05. The van der Waals surface area contributed by atoms with E-state index in [0.29, 0.717) is 43.4 Å². The predicted octanol–water partition coefficient (Wildman–Crippen LogP) is 2.89. The number of carbonyl (C=O) groups is 1. The third kappa shape index (κ3) is 7.32. The van der Waals surface area contributed by atoms with Gasteiger partial charge < -0.3 is 24.4 Å². The van der Waals surface area contributed by atoms with Crippen LogP contribution in [-0.2, 0) is 0 Å². The largest absolute Gasteiger partial charge is 0.490 e. The number of piperazine rings is 1. The van der Waals surface area contributed by atoms with E-state index in [4.69, 9.17) is 14.2 Å². The molecule has 1 amide bonds. The van der Waals surface area contributed by atoms with Gasteiger partial charge in [-0.15, -0.1) is 0 Å². The molecule has 0 unspecified atom stereocenters. The van der Waals surface area contributed by atoms with Gasteiger partial charge in [-0.05, 0) is 43.3 Å². The monoisotopic (exact) mass is 491 g/mol. The summed E-state index contributed by atoms with van der Waals surface area (Å²) in [6, 6.07) is 16.7. The van der Waals surface area contributed by atoms with Gasteiger partial charge in [0.05, 0.1) is 6.61 Å². The van der Waals surface area contributed by atoms with Crippen molar-refractivity contribution in [3.05, 3.63) is 72.6 Å². The van der Waals surface area contributed by atoms with E-state index >= 15 is 0 Å². The normalized spacial score (nSPS) is 13.8. The van der Waals surface area contributed by atoms with Crippen LogP contribution in [-0.4, -0.2) is 79.9 Å². The molecule has 9 nitrogen and oxygen atoms in total. The second-order valence-electron chi connectivity index (χ2n) is 8.24. The fraction of sp³-hybridized carbons (Fsp3) is 0.370. The van der Waals surface area contributed by atoms with Crippen molar-refractivity contribution < 1.29 is 19.0 Å². The van der Waals surface area contributed by atoms with Gasteiger partial charge in [0, 0.05) is 57.2 Å². The number of anilines is 1. The van der Waals surface area contributed by atoms with E-state index in [1.54, 1.807) is 30.6 Å². The van der Waals surface area contributed by atoms with Gasteiger partial charge in [0.1, 0.15) is 19.0 Å². The Morgan fingerprint density at radius 3 is 2.39 bits per heavy atom. The summed E-state index contributed by atoms with van der Waals surface area (Å²) in [7, 11) is 0. The second kappa shape index (κ2) is 13.3. The number of ether oxygens (including phenoxy) is 3. The minimum absolute atomic E-state index is 0.133. The predicted molar refractivity (Wildman–Crippen MR) is 138 cm³/mol. The molecule has 0 saturated carbocycles. The van der Waals surface area contributed by atoms with Crippen LogP contribution in [0.15, 0.2) is 67.0 Å². The molecule has 2 heterocycles. The van der Waals surface area contributed by atoms with Crippen molar-refractivity contribution in [2.24, 2.45) is 0 Å². The quantitative estimate of drug-likeness (QED) is 0.387. The number of amides is 1. The van der Waals surface area contributed by atoms with Crippen molar-refractivity contribution in [1.82, 2.24) is 20.2 Å². The van der Waals surface area contributed by atoms with Gasteiger partial charge in [-0.25, -0.2) is 9.97 Å². The maximum absolute atomic E-state index is 12.7. The zero-order valence-corrected chi connectivity index (χ0v) is 20.6. The van der Waals surface area contributed by atoms with Crippen molar-refractivity contribution in [3.63, 3.8) is 0 Å². The fourth-order valence-corrected chi connectivity index (χ4v) is 3.92. The summed E-state index contributed by atoms with van der Waals surface area (Å²) in [5.41, 5.74) is 0.539. The Kier molecular flexibility index (Phi) is 9.32. The zero-order valence-electron chi connectivity index (χ0n) is 20.6. The van der Waals surface area contributed by atoms with E-state index in [9.17, 15) is 4.79 Å². The maximum Gasteiger partial charge on any atom is 0.251 e. The van der Waals surface area contributed by atoms with Crippen molar-refractivity contribution in [1.29, 1.82) is 0 Å². The standard InChI is InChI=1S/C27H33N5O4/c1-2-34-25-21-22(9-10-24(25)36-20-19-35-23-7-4-3-5-8-23)26(33)28-13-14-31-15-17-32(18-16-31)27-29-11-6-12-30-27/h3-12,21H,2,13-20H2,1H3,(H,28,33). The Morgan fingerprint density at radius 2 is 1.64 bits per heavy atom.